The minimum Gasteiger partial charge on any atom is -0.502 e. The van der Waals surface area contributed by atoms with E-state index in [1.54, 1.807) is 6.26 Å². The zero-order chi connectivity index (χ0) is 10.4. The summed E-state index contributed by atoms with van der Waals surface area (Å²) in [4.78, 5) is 0. The molecule has 14 heavy (non-hydrogen) atoms. The Hall–Kier alpha value is -0.510. The van der Waals surface area contributed by atoms with Crippen molar-refractivity contribution in [1.82, 2.24) is 0 Å². The summed E-state index contributed by atoms with van der Waals surface area (Å²) in [7, 11) is -2.75. The van der Waals surface area contributed by atoms with Gasteiger partial charge in [0, 0.05) is 0 Å². The molecule has 0 aromatic carbocycles. The maximum atomic E-state index is 11.4. The van der Waals surface area contributed by atoms with E-state index in [1.807, 2.05) is 13.0 Å². The van der Waals surface area contributed by atoms with Crippen LogP contribution in [0.25, 0.3) is 0 Å². The Morgan fingerprint density at radius 1 is 1.50 bits per heavy atom. The maximum absolute atomic E-state index is 11.4. The zero-order valence-electron chi connectivity index (χ0n) is 8.61. The lowest BCUT2D eigenvalue weighted by Crippen LogP contribution is -2.16. The van der Waals surface area contributed by atoms with Crippen LogP contribution in [0.3, 0.4) is 0 Å². The monoisotopic (exact) mass is 218 g/mol. The number of sulfone groups is 1. The normalized spacial score (nSPS) is 25.6. The largest absolute Gasteiger partial charge is 0.502 e. The molecule has 1 aliphatic heterocycles. The second kappa shape index (κ2) is 5.39. The molecule has 0 bridgehead atoms. The van der Waals surface area contributed by atoms with E-state index < -0.39 is 9.84 Å². The Morgan fingerprint density at radius 3 is 2.86 bits per heavy atom. The molecule has 0 aromatic heterocycles. The highest BCUT2D eigenvalue weighted by Gasteiger charge is 2.30. The minimum atomic E-state index is -2.75. The lowest BCUT2D eigenvalue weighted by Gasteiger charge is -2.08. The summed E-state index contributed by atoms with van der Waals surface area (Å²) in [5.74, 6) is 0.382. The van der Waals surface area contributed by atoms with Gasteiger partial charge in [-0.15, -0.1) is 0 Å². The van der Waals surface area contributed by atoms with Gasteiger partial charge >= 0.3 is 0 Å². The average Bonchev–Trinajstić information content (AvgIpc) is 2.45. The van der Waals surface area contributed by atoms with Gasteiger partial charge in [-0.1, -0.05) is 6.08 Å². The predicted molar refractivity (Wildman–Crippen MR) is 56.8 cm³/mol. The van der Waals surface area contributed by atoms with Crippen molar-refractivity contribution < 1.29 is 13.2 Å². The third kappa shape index (κ3) is 3.33. The molecular formula is C10H18O3S. The van der Waals surface area contributed by atoms with Gasteiger partial charge in [0.25, 0.3) is 0 Å². The van der Waals surface area contributed by atoms with Gasteiger partial charge in [0.15, 0.2) is 9.84 Å². The fourth-order valence-electron chi connectivity index (χ4n) is 1.74. The summed E-state index contributed by atoms with van der Waals surface area (Å²) in [5, 5.41) is -0.100. The van der Waals surface area contributed by atoms with Crippen molar-refractivity contribution >= 4 is 9.84 Å². The van der Waals surface area contributed by atoms with Crippen LogP contribution in [0.2, 0.25) is 0 Å². The van der Waals surface area contributed by atoms with Crippen LogP contribution in [0, 0.1) is 0 Å². The van der Waals surface area contributed by atoms with Crippen LogP contribution in [0.5, 0.6) is 0 Å². The first-order chi connectivity index (χ1) is 6.67. The van der Waals surface area contributed by atoms with Gasteiger partial charge in [0.05, 0.1) is 23.9 Å². The predicted octanol–water partition coefficient (Wildman–Crippen LogP) is 1.89. The standard InChI is InChI=1S/C10H18O3S/c1-2-7-13-8-3-5-10-6-4-9-14(10,11)12/h2,7,10H,3-6,8-9H2,1H3/b7-2+. The van der Waals surface area contributed by atoms with Crippen LogP contribution in [0.1, 0.15) is 32.6 Å². The average molecular weight is 218 g/mol. The highest BCUT2D eigenvalue weighted by molar-refractivity contribution is 7.92. The molecule has 0 aliphatic carbocycles. The van der Waals surface area contributed by atoms with E-state index in [0.29, 0.717) is 12.4 Å². The van der Waals surface area contributed by atoms with Crippen LogP contribution in [-0.2, 0) is 14.6 Å². The number of ether oxygens (including phenoxy) is 1. The van der Waals surface area contributed by atoms with Gasteiger partial charge in [-0.2, -0.15) is 0 Å². The topological polar surface area (TPSA) is 43.4 Å². The van der Waals surface area contributed by atoms with Crippen LogP contribution in [0.15, 0.2) is 12.3 Å². The van der Waals surface area contributed by atoms with Gasteiger partial charge in [-0.05, 0) is 32.6 Å². The molecule has 1 unspecified atom stereocenters. The van der Waals surface area contributed by atoms with Gasteiger partial charge in [0.2, 0.25) is 0 Å². The Morgan fingerprint density at radius 2 is 2.29 bits per heavy atom. The summed E-state index contributed by atoms with van der Waals surface area (Å²) >= 11 is 0. The molecule has 1 aliphatic rings. The van der Waals surface area contributed by atoms with Crippen molar-refractivity contribution in [2.24, 2.45) is 0 Å². The Bertz CT molecular complexity index is 280. The van der Waals surface area contributed by atoms with Crippen molar-refractivity contribution in [3.63, 3.8) is 0 Å². The number of hydrogen-bond acceptors (Lipinski definition) is 3. The molecular weight excluding hydrogens is 200 g/mol. The molecule has 1 heterocycles. The molecule has 1 saturated heterocycles. The SMILES string of the molecule is C/C=C/OCCCC1CCCS1(=O)=O. The second-order valence-corrected chi connectivity index (χ2v) is 6.01. The molecule has 4 heteroatoms. The Balaban J connectivity index is 2.19. The first kappa shape index (κ1) is 11.6. The van der Waals surface area contributed by atoms with E-state index in [2.05, 4.69) is 0 Å². The van der Waals surface area contributed by atoms with Crippen molar-refractivity contribution in [1.29, 1.82) is 0 Å². The molecule has 1 fully saturated rings. The van der Waals surface area contributed by atoms with Gasteiger partial charge in [-0.25, -0.2) is 8.42 Å². The lowest BCUT2D eigenvalue weighted by molar-refractivity contribution is 0.240. The van der Waals surface area contributed by atoms with Gasteiger partial charge in [0.1, 0.15) is 0 Å². The van der Waals surface area contributed by atoms with E-state index in [1.165, 1.54) is 0 Å². The summed E-state index contributed by atoms with van der Waals surface area (Å²) < 4.78 is 28.0. The molecule has 1 atom stereocenters. The van der Waals surface area contributed by atoms with Crippen LogP contribution < -0.4 is 0 Å². The summed E-state index contributed by atoms with van der Waals surface area (Å²) in [5.41, 5.74) is 0. The van der Waals surface area contributed by atoms with Crippen LogP contribution in [0.4, 0.5) is 0 Å². The fourth-order valence-corrected chi connectivity index (χ4v) is 3.69. The maximum Gasteiger partial charge on any atom is 0.153 e. The van der Waals surface area contributed by atoms with E-state index in [4.69, 9.17) is 4.74 Å². The number of hydrogen-bond donors (Lipinski definition) is 0. The number of rotatable bonds is 5. The smallest absolute Gasteiger partial charge is 0.153 e. The summed E-state index contributed by atoms with van der Waals surface area (Å²) in [6, 6.07) is 0. The van der Waals surface area contributed by atoms with E-state index >= 15 is 0 Å². The summed E-state index contributed by atoms with van der Waals surface area (Å²) in [6.45, 7) is 2.51. The minimum absolute atomic E-state index is 0.100. The van der Waals surface area contributed by atoms with Gasteiger partial charge in [-0.3, -0.25) is 0 Å². The van der Waals surface area contributed by atoms with Crippen molar-refractivity contribution in [3.8, 4) is 0 Å². The second-order valence-electron chi connectivity index (χ2n) is 3.61. The third-order valence-electron chi connectivity index (χ3n) is 2.48. The molecule has 0 radical (unpaired) electrons. The van der Waals surface area contributed by atoms with E-state index in [9.17, 15) is 8.42 Å². The Labute approximate surface area is 86.1 Å². The fraction of sp³-hybridized carbons (Fsp3) is 0.800. The van der Waals surface area contributed by atoms with Gasteiger partial charge < -0.3 is 4.74 Å². The van der Waals surface area contributed by atoms with Crippen molar-refractivity contribution in [2.45, 2.75) is 37.9 Å². The Kier molecular flexibility index (Phi) is 4.45. The quantitative estimate of drug-likeness (QED) is 0.523. The lowest BCUT2D eigenvalue weighted by atomic mass is 10.2. The molecule has 1 rings (SSSR count). The molecule has 0 saturated carbocycles. The molecule has 0 aromatic rings. The zero-order valence-corrected chi connectivity index (χ0v) is 9.42. The van der Waals surface area contributed by atoms with Crippen molar-refractivity contribution in [2.75, 3.05) is 12.4 Å². The first-order valence-electron chi connectivity index (χ1n) is 5.11. The third-order valence-corrected chi connectivity index (χ3v) is 4.83. The highest BCUT2D eigenvalue weighted by Crippen LogP contribution is 2.23. The molecule has 3 nitrogen and oxygen atoms in total. The summed E-state index contributed by atoms with van der Waals surface area (Å²) in [6.07, 6.45) is 6.72. The molecule has 0 N–H and O–H groups in total. The molecule has 82 valence electrons. The highest BCUT2D eigenvalue weighted by atomic mass is 32.2. The van der Waals surface area contributed by atoms with E-state index in [-0.39, 0.29) is 5.25 Å². The molecule has 0 spiro atoms. The van der Waals surface area contributed by atoms with Crippen LogP contribution in [-0.4, -0.2) is 26.0 Å². The molecule has 0 amide bonds. The first-order valence-corrected chi connectivity index (χ1v) is 6.82. The van der Waals surface area contributed by atoms with E-state index in [0.717, 1.165) is 25.7 Å². The number of allylic oxidation sites excluding steroid dienone is 1. The van der Waals surface area contributed by atoms with Crippen LogP contribution >= 0.6 is 0 Å². The van der Waals surface area contributed by atoms with Crippen molar-refractivity contribution in [3.05, 3.63) is 12.3 Å².